The number of aliphatic hydroxyl groups excluding tert-OH is 1. The Morgan fingerprint density at radius 1 is 1.57 bits per heavy atom. The van der Waals surface area contributed by atoms with Crippen LogP contribution in [0.4, 0.5) is 0 Å². The number of nitrogens with zero attached hydrogens (tertiary/aromatic N) is 4. The van der Waals surface area contributed by atoms with E-state index in [0.29, 0.717) is 12.2 Å². The van der Waals surface area contributed by atoms with E-state index in [4.69, 9.17) is 5.11 Å². The van der Waals surface area contributed by atoms with E-state index in [2.05, 4.69) is 15.3 Å². The van der Waals surface area contributed by atoms with Crippen molar-refractivity contribution in [2.45, 2.75) is 20.1 Å². The lowest BCUT2D eigenvalue weighted by Gasteiger charge is -1.99. The van der Waals surface area contributed by atoms with Crippen LogP contribution in [-0.4, -0.2) is 25.1 Å². The molecule has 0 aliphatic heterocycles. The number of aliphatic hydroxyl groups is 1. The summed E-state index contributed by atoms with van der Waals surface area (Å²) in [5.74, 6) is 0. The van der Waals surface area contributed by atoms with Crippen molar-refractivity contribution in [3.8, 4) is 0 Å². The zero-order valence-electron chi connectivity index (χ0n) is 7.71. The van der Waals surface area contributed by atoms with Gasteiger partial charge in [-0.2, -0.15) is 0 Å². The summed E-state index contributed by atoms with van der Waals surface area (Å²) in [4.78, 5) is 4.31. The Bertz CT molecular complexity index is 422. The van der Waals surface area contributed by atoms with E-state index in [1.54, 1.807) is 22.2 Å². The molecule has 5 nitrogen and oxygen atoms in total. The fourth-order valence-electron chi connectivity index (χ4n) is 1.14. The topological polar surface area (TPSA) is 63.8 Å². The minimum absolute atomic E-state index is 0.0443. The third kappa shape index (κ3) is 1.80. The van der Waals surface area contributed by atoms with Gasteiger partial charge < -0.3 is 5.11 Å². The molecule has 0 bridgehead atoms. The van der Waals surface area contributed by atoms with Crippen molar-refractivity contribution < 1.29 is 5.11 Å². The molecule has 1 N–H and O–H groups in total. The maximum absolute atomic E-state index is 8.97. The molecular formula is C8H10N4OS. The molecule has 2 rings (SSSR count). The van der Waals surface area contributed by atoms with Crippen LogP contribution < -0.4 is 0 Å². The van der Waals surface area contributed by atoms with Gasteiger partial charge in [0.1, 0.15) is 5.01 Å². The van der Waals surface area contributed by atoms with Crippen molar-refractivity contribution in [3.63, 3.8) is 0 Å². The molecule has 2 aromatic rings. The van der Waals surface area contributed by atoms with Crippen LogP contribution in [0.3, 0.4) is 0 Å². The quantitative estimate of drug-likeness (QED) is 0.805. The Kier molecular flexibility index (Phi) is 2.55. The molecule has 0 spiro atoms. The second-order valence-electron chi connectivity index (χ2n) is 2.92. The standard InChI is InChI=1S/C8H10N4OS/c1-6-5-14-8(10-6)3-12-7(4-13)2-9-11-12/h2,5,13H,3-4H2,1H3. The lowest BCUT2D eigenvalue weighted by molar-refractivity contribution is 0.269. The fraction of sp³-hybridized carbons (Fsp3) is 0.375. The predicted octanol–water partition coefficient (Wildman–Crippen LogP) is 0.584. The monoisotopic (exact) mass is 210 g/mol. The molecule has 6 heteroatoms. The van der Waals surface area contributed by atoms with Crippen LogP contribution in [0.2, 0.25) is 0 Å². The van der Waals surface area contributed by atoms with Gasteiger partial charge in [-0.05, 0) is 6.92 Å². The zero-order chi connectivity index (χ0) is 9.97. The zero-order valence-corrected chi connectivity index (χ0v) is 8.53. The smallest absolute Gasteiger partial charge is 0.114 e. The van der Waals surface area contributed by atoms with Gasteiger partial charge in [0.25, 0.3) is 0 Å². The van der Waals surface area contributed by atoms with Crippen LogP contribution in [-0.2, 0) is 13.2 Å². The summed E-state index contributed by atoms with van der Waals surface area (Å²) in [5.41, 5.74) is 1.72. The summed E-state index contributed by atoms with van der Waals surface area (Å²) in [5, 5.41) is 19.5. The predicted molar refractivity (Wildman–Crippen MR) is 51.9 cm³/mol. The first-order valence-corrected chi connectivity index (χ1v) is 5.07. The molecule has 0 amide bonds. The van der Waals surface area contributed by atoms with Gasteiger partial charge in [0.2, 0.25) is 0 Å². The highest BCUT2D eigenvalue weighted by atomic mass is 32.1. The van der Waals surface area contributed by atoms with Crippen molar-refractivity contribution >= 4 is 11.3 Å². The molecule has 74 valence electrons. The average molecular weight is 210 g/mol. The van der Waals surface area contributed by atoms with E-state index in [-0.39, 0.29) is 6.61 Å². The number of hydrogen-bond acceptors (Lipinski definition) is 5. The van der Waals surface area contributed by atoms with Crippen LogP contribution in [0.15, 0.2) is 11.6 Å². The molecule has 0 aromatic carbocycles. The first-order chi connectivity index (χ1) is 6.79. The highest BCUT2D eigenvalue weighted by Gasteiger charge is 2.05. The Balaban J connectivity index is 2.18. The normalized spacial score (nSPS) is 10.7. The second-order valence-corrected chi connectivity index (χ2v) is 3.87. The first-order valence-electron chi connectivity index (χ1n) is 4.19. The van der Waals surface area contributed by atoms with Gasteiger partial charge in [0.15, 0.2) is 0 Å². The van der Waals surface area contributed by atoms with Crippen molar-refractivity contribution in [1.82, 2.24) is 20.0 Å². The van der Waals surface area contributed by atoms with Crippen molar-refractivity contribution in [2.24, 2.45) is 0 Å². The fourth-order valence-corrected chi connectivity index (χ4v) is 1.89. The van der Waals surface area contributed by atoms with Gasteiger partial charge in [0, 0.05) is 11.1 Å². The highest BCUT2D eigenvalue weighted by molar-refractivity contribution is 7.09. The summed E-state index contributed by atoms with van der Waals surface area (Å²) in [6.07, 6.45) is 1.56. The van der Waals surface area contributed by atoms with Crippen LogP contribution in [0.5, 0.6) is 0 Å². The molecule has 0 saturated heterocycles. The van der Waals surface area contributed by atoms with E-state index in [1.807, 2.05) is 12.3 Å². The molecule has 0 aliphatic rings. The Morgan fingerprint density at radius 3 is 3.07 bits per heavy atom. The summed E-state index contributed by atoms with van der Waals surface area (Å²) in [7, 11) is 0. The van der Waals surface area contributed by atoms with E-state index < -0.39 is 0 Å². The first kappa shape index (κ1) is 9.29. The third-order valence-electron chi connectivity index (χ3n) is 1.81. The summed E-state index contributed by atoms with van der Waals surface area (Å²) >= 11 is 1.59. The van der Waals surface area contributed by atoms with Crippen LogP contribution >= 0.6 is 11.3 Å². The maximum atomic E-state index is 8.97. The molecule has 0 atom stereocenters. The van der Waals surface area contributed by atoms with Gasteiger partial charge in [0.05, 0.1) is 25.0 Å². The van der Waals surface area contributed by atoms with E-state index in [1.165, 1.54) is 0 Å². The summed E-state index contributed by atoms with van der Waals surface area (Å²) in [6, 6.07) is 0. The Labute approximate surface area is 85.0 Å². The summed E-state index contributed by atoms with van der Waals surface area (Å²) < 4.78 is 1.65. The van der Waals surface area contributed by atoms with Gasteiger partial charge in [-0.3, -0.25) is 0 Å². The molecular weight excluding hydrogens is 200 g/mol. The van der Waals surface area contributed by atoms with Crippen molar-refractivity contribution in [3.05, 3.63) is 28.0 Å². The lowest BCUT2D eigenvalue weighted by Crippen LogP contribution is -2.06. The number of aromatic nitrogens is 4. The summed E-state index contributed by atoms with van der Waals surface area (Å²) in [6.45, 7) is 2.49. The van der Waals surface area contributed by atoms with Crippen LogP contribution in [0.1, 0.15) is 16.4 Å². The van der Waals surface area contributed by atoms with E-state index >= 15 is 0 Å². The van der Waals surface area contributed by atoms with Crippen LogP contribution in [0, 0.1) is 6.92 Å². The molecule has 2 heterocycles. The van der Waals surface area contributed by atoms with Crippen LogP contribution in [0.25, 0.3) is 0 Å². The third-order valence-corrected chi connectivity index (χ3v) is 2.76. The average Bonchev–Trinajstić information content (AvgIpc) is 2.76. The van der Waals surface area contributed by atoms with Crippen molar-refractivity contribution in [2.75, 3.05) is 0 Å². The Morgan fingerprint density at radius 2 is 2.43 bits per heavy atom. The molecule has 2 aromatic heterocycles. The number of rotatable bonds is 3. The highest BCUT2D eigenvalue weighted by Crippen LogP contribution is 2.10. The SMILES string of the molecule is Cc1csc(Cn2nncc2CO)n1. The van der Waals surface area contributed by atoms with E-state index in [9.17, 15) is 0 Å². The molecule has 0 aliphatic carbocycles. The van der Waals surface area contributed by atoms with Gasteiger partial charge in [-0.15, -0.1) is 16.4 Å². The molecule has 0 saturated carbocycles. The minimum Gasteiger partial charge on any atom is -0.390 e. The molecule has 14 heavy (non-hydrogen) atoms. The van der Waals surface area contributed by atoms with Crippen molar-refractivity contribution in [1.29, 1.82) is 0 Å². The van der Waals surface area contributed by atoms with Gasteiger partial charge in [-0.1, -0.05) is 5.21 Å². The molecule has 0 radical (unpaired) electrons. The molecule has 0 fully saturated rings. The second kappa shape index (κ2) is 3.85. The van der Waals surface area contributed by atoms with Gasteiger partial charge >= 0.3 is 0 Å². The number of aryl methyl sites for hydroxylation is 1. The van der Waals surface area contributed by atoms with Gasteiger partial charge in [-0.25, -0.2) is 9.67 Å². The minimum atomic E-state index is -0.0443. The van der Waals surface area contributed by atoms with E-state index in [0.717, 1.165) is 10.7 Å². The number of thiazole rings is 1. The Hall–Kier alpha value is -1.27. The molecule has 0 unspecified atom stereocenters. The maximum Gasteiger partial charge on any atom is 0.114 e. The largest absolute Gasteiger partial charge is 0.390 e. The lowest BCUT2D eigenvalue weighted by atomic mass is 10.5. The number of hydrogen-bond donors (Lipinski definition) is 1.